The van der Waals surface area contributed by atoms with E-state index in [0.29, 0.717) is 0 Å². The van der Waals surface area contributed by atoms with E-state index in [1.54, 1.807) is 0 Å². The molecule has 1 aliphatic rings. The first-order chi connectivity index (χ1) is 7.20. The third-order valence-corrected chi connectivity index (χ3v) is 5.45. The van der Waals surface area contributed by atoms with Gasteiger partial charge in [-0.05, 0) is 0 Å². The summed E-state index contributed by atoms with van der Waals surface area (Å²) in [6, 6.07) is 0. The molecular formula is C7H9NO6S2. The Balaban J connectivity index is 3.06. The Bertz CT molecular complexity index is 580. The molecule has 0 aromatic carbocycles. The number of carboxylic acid groups (broad SMARTS) is 1. The minimum Gasteiger partial charge on any atom is -0.476 e. The highest BCUT2D eigenvalue weighted by Crippen LogP contribution is 2.19. The molecule has 0 aliphatic carbocycles. The lowest BCUT2D eigenvalue weighted by molar-refractivity contribution is -0.129. The molecule has 0 radical (unpaired) electrons. The lowest BCUT2D eigenvalue weighted by Crippen LogP contribution is -2.25. The van der Waals surface area contributed by atoms with Gasteiger partial charge in [-0.1, -0.05) is 6.92 Å². The molecule has 0 aromatic rings. The van der Waals surface area contributed by atoms with Crippen LogP contribution in [0.15, 0.2) is 16.1 Å². The van der Waals surface area contributed by atoms with E-state index in [9.17, 15) is 21.6 Å². The molecule has 0 fully saturated rings. The van der Waals surface area contributed by atoms with E-state index >= 15 is 0 Å². The molecule has 16 heavy (non-hydrogen) atoms. The van der Waals surface area contributed by atoms with Crippen molar-refractivity contribution in [3.8, 4) is 0 Å². The van der Waals surface area contributed by atoms with Crippen LogP contribution in [0, 0.1) is 0 Å². The van der Waals surface area contributed by atoms with Gasteiger partial charge in [0, 0.05) is 12.0 Å². The molecule has 0 saturated carbocycles. The number of carbonyl (C=O) groups is 1. The molecule has 1 rings (SSSR count). The minimum atomic E-state index is -4.24. The van der Waals surface area contributed by atoms with Crippen LogP contribution in [0.1, 0.15) is 6.92 Å². The molecule has 0 spiro atoms. The van der Waals surface area contributed by atoms with Crippen molar-refractivity contribution < 1.29 is 26.7 Å². The summed E-state index contributed by atoms with van der Waals surface area (Å²) in [7, 11) is -7.77. The Morgan fingerprint density at radius 1 is 1.50 bits per heavy atom. The van der Waals surface area contributed by atoms with E-state index in [1.807, 2.05) is 0 Å². The predicted octanol–water partition coefficient (Wildman–Crippen LogP) is -0.826. The third-order valence-electron chi connectivity index (χ3n) is 1.91. The molecule has 0 aromatic heterocycles. The molecule has 0 bridgehead atoms. The van der Waals surface area contributed by atoms with Crippen molar-refractivity contribution in [2.45, 2.75) is 6.92 Å². The Kier molecular flexibility index (Phi) is 3.20. The SMILES string of the molecule is CCS(=O)(=O)CC1=CN=C(C(=O)O)S1(=O)=O. The molecular weight excluding hydrogens is 258 g/mol. The van der Waals surface area contributed by atoms with Gasteiger partial charge in [-0.25, -0.2) is 26.6 Å². The minimum absolute atomic E-state index is 0.220. The van der Waals surface area contributed by atoms with Gasteiger partial charge in [0.1, 0.15) is 0 Å². The first-order valence-corrected chi connectivity index (χ1v) is 7.47. The van der Waals surface area contributed by atoms with Crippen LogP contribution >= 0.6 is 0 Å². The summed E-state index contributed by atoms with van der Waals surface area (Å²) in [5.41, 5.74) is 0. The molecule has 0 amide bonds. The third kappa shape index (κ3) is 2.30. The maximum absolute atomic E-state index is 11.5. The Morgan fingerprint density at radius 2 is 2.06 bits per heavy atom. The van der Waals surface area contributed by atoms with Gasteiger partial charge < -0.3 is 5.11 Å². The van der Waals surface area contributed by atoms with Crippen LogP contribution < -0.4 is 0 Å². The van der Waals surface area contributed by atoms with Crippen LogP contribution in [-0.2, 0) is 24.5 Å². The molecule has 9 heteroatoms. The van der Waals surface area contributed by atoms with Crippen LogP contribution in [-0.4, -0.2) is 44.5 Å². The summed E-state index contributed by atoms with van der Waals surface area (Å²) in [6.45, 7) is 1.37. The van der Waals surface area contributed by atoms with Crippen LogP contribution in [0.3, 0.4) is 0 Å². The predicted molar refractivity (Wildman–Crippen MR) is 56.4 cm³/mol. The smallest absolute Gasteiger partial charge is 0.366 e. The van der Waals surface area contributed by atoms with Gasteiger partial charge in [-0.15, -0.1) is 0 Å². The highest BCUT2D eigenvalue weighted by atomic mass is 32.2. The average molecular weight is 267 g/mol. The maximum atomic E-state index is 11.5. The topological polar surface area (TPSA) is 118 Å². The highest BCUT2D eigenvalue weighted by molar-refractivity contribution is 8.12. The summed E-state index contributed by atoms with van der Waals surface area (Å²) >= 11 is 0. The molecule has 1 N–H and O–H groups in total. The van der Waals surface area contributed by atoms with E-state index in [0.717, 1.165) is 6.20 Å². The van der Waals surface area contributed by atoms with Gasteiger partial charge in [0.2, 0.25) is 14.9 Å². The monoisotopic (exact) mass is 267 g/mol. The van der Waals surface area contributed by atoms with Gasteiger partial charge in [0.15, 0.2) is 9.84 Å². The van der Waals surface area contributed by atoms with Crippen molar-refractivity contribution in [2.75, 3.05) is 11.5 Å². The second-order valence-corrected chi connectivity index (χ2v) is 7.29. The normalized spacial score (nSPS) is 19.1. The van der Waals surface area contributed by atoms with Crippen LogP contribution in [0.2, 0.25) is 0 Å². The van der Waals surface area contributed by atoms with Crippen molar-refractivity contribution >= 4 is 30.7 Å². The summed E-state index contributed by atoms with van der Waals surface area (Å²) < 4.78 is 45.4. The van der Waals surface area contributed by atoms with E-state index in [4.69, 9.17) is 5.11 Å². The highest BCUT2D eigenvalue weighted by Gasteiger charge is 2.36. The van der Waals surface area contributed by atoms with Crippen molar-refractivity contribution in [1.82, 2.24) is 0 Å². The summed E-state index contributed by atoms with van der Waals surface area (Å²) in [5.74, 6) is -2.63. The Hall–Kier alpha value is -1.22. The first kappa shape index (κ1) is 12.8. The van der Waals surface area contributed by atoms with E-state index in [-0.39, 0.29) is 5.75 Å². The molecule has 1 heterocycles. The van der Waals surface area contributed by atoms with Gasteiger partial charge in [-0.3, -0.25) is 0 Å². The zero-order chi connectivity index (χ0) is 12.6. The molecule has 7 nitrogen and oxygen atoms in total. The quantitative estimate of drug-likeness (QED) is 0.710. The fourth-order valence-electron chi connectivity index (χ4n) is 0.997. The van der Waals surface area contributed by atoms with Crippen molar-refractivity contribution in [3.05, 3.63) is 11.1 Å². The molecule has 90 valence electrons. The number of aliphatic carboxylic acids is 1. The summed E-state index contributed by atoms with van der Waals surface area (Å²) in [6.07, 6.45) is 0.770. The number of nitrogens with zero attached hydrogens (tertiary/aromatic N) is 1. The number of rotatable bonds is 4. The Labute approximate surface area is 92.3 Å². The van der Waals surface area contributed by atoms with Gasteiger partial charge in [0.05, 0.1) is 10.7 Å². The Morgan fingerprint density at radius 3 is 2.44 bits per heavy atom. The lowest BCUT2D eigenvalue weighted by Gasteiger charge is -2.02. The number of sulfone groups is 2. The summed E-state index contributed by atoms with van der Waals surface area (Å²) in [4.78, 5) is 13.2. The van der Waals surface area contributed by atoms with E-state index < -0.39 is 41.3 Å². The number of carboxylic acids is 1. The molecule has 0 unspecified atom stereocenters. The van der Waals surface area contributed by atoms with Crippen molar-refractivity contribution in [2.24, 2.45) is 4.99 Å². The molecule has 1 aliphatic heterocycles. The van der Waals surface area contributed by atoms with Crippen LogP contribution in [0.4, 0.5) is 0 Å². The fourth-order valence-corrected chi connectivity index (χ4v) is 3.73. The average Bonchev–Trinajstić information content (AvgIpc) is 2.42. The second-order valence-electron chi connectivity index (χ2n) is 3.01. The zero-order valence-corrected chi connectivity index (χ0v) is 9.88. The standard InChI is InChI=1S/C7H9NO6S2/c1-2-15(11,12)4-5-3-8-6(7(9)10)16(5,13)14/h3H,2,4H2,1H3,(H,9,10). The number of hydrogen-bond donors (Lipinski definition) is 1. The van der Waals surface area contributed by atoms with Crippen molar-refractivity contribution in [1.29, 1.82) is 0 Å². The van der Waals surface area contributed by atoms with Gasteiger partial charge in [-0.2, -0.15) is 0 Å². The van der Waals surface area contributed by atoms with Crippen molar-refractivity contribution in [3.63, 3.8) is 0 Å². The summed E-state index contributed by atoms with van der Waals surface area (Å²) in [5, 5.41) is 7.50. The fraction of sp³-hybridized carbons (Fsp3) is 0.429. The van der Waals surface area contributed by atoms with Crippen LogP contribution in [0.25, 0.3) is 0 Å². The van der Waals surface area contributed by atoms with Gasteiger partial charge >= 0.3 is 5.97 Å². The second kappa shape index (κ2) is 3.98. The first-order valence-electron chi connectivity index (χ1n) is 4.16. The lowest BCUT2D eigenvalue weighted by atomic mass is 10.7. The van der Waals surface area contributed by atoms with E-state index in [2.05, 4.69) is 4.99 Å². The molecule has 0 saturated heterocycles. The maximum Gasteiger partial charge on any atom is 0.366 e. The molecule has 0 atom stereocenters. The zero-order valence-electron chi connectivity index (χ0n) is 8.24. The van der Waals surface area contributed by atoms with Gasteiger partial charge in [0.25, 0.3) is 0 Å². The largest absolute Gasteiger partial charge is 0.476 e. The number of aliphatic imine (C=N–C) groups is 1. The van der Waals surface area contributed by atoms with Crippen LogP contribution in [0.5, 0.6) is 0 Å². The van der Waals surface area contributed by atoms with E-state index in [1.165, 1.54) is 6.92 Å². The number of hydrogen-bond acceptors (Lipinski definition) is 6.